The molecular formula is C49H55N7O8S2. The number of thioether (sulfide) groups is 1. The van der Waals surface area contributed by atoms with Crippen LogP contribution >= 0.6 is 11.8 Å². The van der Waals surface area contributed by atoms with E-state index in [-0.39, 0.29) is 59.9 Å². The van der Waals surface area contributed by atoms with Gasteiger partial charge < -0.3 is 25.5 Å². The number of nitrogens with one attached hydrogen (secondary N) is 3. The molecule has 3 saturated heterocycles. The summed E-state index contributed by atoms with van der Waals surface area (Å²) in [5, 5.41) is 19.1. The number of carbonyl (C=O) groups excluding carboxylic acids is 5. The second-order valence-corrected chi connectivity index (χ2v) is 20.9. The summed E-state index contributed by atoms with van der Waals surface area (Å²) in [7, 11) is -3.81. The van der Waals surface area contributed by atoms with E-state index >= 15 is 0 Å². The molecule has 4 atom stereocenters. The fraction of sp³-hybridized carbons (Fsp3) is 0.408. The summed E-state index contributed by atoms with van der Waals surface area (Å²) in [6.07, 6.45) is 2.78. The standard InChI is InChI=1S/C49H55N7O8S2/c1-31-11-14-35(15-12-31)66(63,64)56-22-19-37-41(30-57)51-40-16-13-33(27-38(40)47(37)56)32-6-2-7-34(26-32)50-44(58)10-4-21-54-24-23-53(29-46(54)60)20-5-25-65-43-9-3-8-36-39(43)28-55(49(36)62)42-17-18-45(59)52-48(42)61/h2-3,6-9,11-16,26-27,37,41-42,47,51,57H,4-5,10,17-25,28-30H2,1H3,(H,50,58)(H,52,59,61)/t37-,41+,42?,47-/m1/s1. The highest BCUT2D eigenvalue weighted by Crippen LogP contribution is 2.49. The van der Waals surface area contributed by atoms with E-state index in [2.05, 4.69) is 20.9 Å². The van der Waals surface area contributed by atoms with E-state index in [1.54, 1.807) is 51.3 Å². The number of carbonyl (C=O) groups is 5. The van der Waals surface area contributed by atoms with Crippen LogP contribution in [0.2, 0.25) is 0 Å². The molecule has 0 radical (unpaired) electrons. The molecule has 1 unspecified atom stereocenters. The molecule has 346 valence electrons. The van der Waals surface area contributed by atoms with Crippen LogP contribution < -0.4 is 16.0 Å². The van der Waals surface area contributed by atoms with Gasteiger partial charge in [0.05, 0.1) is 30.1 Å². The molecule has 5 aliphatic rings. The number of hydrogen-bond donors (Lipinski definition) is 4. The SMILES string of the molecule is Cc1ccc(S(=O)(=O)N2CC[C@@H]3[C@H](CO)Nc4ccc(-c5cccc(NC(=O)CCCN6CCN(CCCSc7cccc8c7CN(C7CCC(=O)NC7=O)C8=O)CC6=O)c5)cc4[C@@H]32)cc1. The monoisotopic (exact) mass is 933 g/mol. The van der Waals surface area contributed by atoms with Crippen LogP contribution in [0.3, 0.4) is 0 Å². The van der Waals surface area contributed by atoms with Crippen molar-refractivity contribution in [3.8, 4) is 11.1 Å². The van der Waals surface area contributed by atoms with Gasteiger partial charge in [-0.3, -0.25) is 34.2 Å². The third-order valence-corrected chi connectivity index (χ3v) is 16.7. The van der Waals surface area contributed by atoms with Crippen LogP contribution in [0, 0.1) is 12.8 Å². The van der Waals surface area contributed by atoms with Crippen molar-refractivity contribution in [2.75, 3.05) is 62.3 Å². The highest BCUT2D eigenvalue weighted by atomic mass is 32.2. The third-order valence-electron chi connectivity index (χ3n) is 13.6. The Morgan fingerprint density at radius 1 is 0.879 bits per heavy atom. The Labute approximate surface area is 389 Å². The van der Waals surface area contributed by atoms with Gasteiger partial charge in [0.1, 0.15) is 6.04 Å². The summed E-state index contributed by atoms with van der Waals surface area (Å²) in [4.78, 5) is 70.4. The van der Waals surface area contributed by atoms with Gasteiger partial charge in [-0.1, -0.05) is 42.0 Å². The van der Waals surface area contributed by atoms with Gasteiger partial charge in [0.25, 0.3) is 5.91 Å². The first-order valence-corrected chi connectivity index (χ1v) is 25.2. The number of aryl methyl sites for hydroxylation is 1. The molecule has 5 aliphatic heterocycles. The van der Waals surface area contributed by atoms with Crippen molar-refractivity contribution in [3.63, 3.8) is 0 Å². The lowest BCUT2D eigenvalue weighted by molar-refractivity contribution is -0.137. The maximum Gasteiger partial charge on any atom is 0.255 e. The quantitative estimate of drug-likeness (QED) is 0.0714. The second kappa shape index (κ2) is 19.3. The molecule has 4 N–H and O–H groups in total. The van der Waals surface area contributed by atoms with E-state index < -0.39 is 28.0 Å². The Hall–Kier alpha value is -5.59. The molecule has 0 saturated carbocycles. The molecule has 3 fully saturated rings. The number of aliphatic hydroxyl groups is 1. The van der Waals surface area contributed by atoms with Gasteiger partial charge in [-0.15, -0.1) is 11.8 Å². The molecule has 5 heterocycles. The minimum atomic E-state index is -3.81. The fourth-order valence-corrected chi connectivity index (χ4v) is 12.8. The Kier molecular flexibility index (Phi) is 13.3. The zero-order valence-electron chi connectivity index (χ0n) is 36.9. The molecule has 9 rings (SSSR count). The number of benzene rings is 4. The van der Waals surface area contributed by atoms with Gasteiger partial charge in [0, 0.05) is 73.3 Å². The Bertz CT molecular complexity index is 2660. The maximum absolute atomic E-state index is 14.0. The third kappa shape index (κ3) is 9.36. The van der Waals surface area contributed by atoms with Gasteiger partial charge >= 0.3 is 0 Å². The normalized spacial score (nSPS) is 22.2. The highest BCUT2D eigenvalue weighted by Gasteiger charge is 2.49. The Morgan fingerprint density at radius 3 is 2.47 bits per heavy atom. The maximum atomic E-state index is 14.0. The first-order chi connectivity index (χ1) is 31.9. The Morgan fingerprint density at radius 2 is 1.68 bits per heavy atom. The van der Waals surface area contributed by atoms with E-state index in [1.807, 2.05) is 66.4 Å². The van der Waals surface area contributed by atoms with Crippen LogP contribution in [-0.2, 0) is 35.7 Å². The smallest absolute Gasteiger partial charge is 0.255 e. The summed E-state index contributed by atoms with van der Waals surface area (Å²) in [6, 6.07) is 24.7. The van der Waals surface area contributed by atoms with Crippen molar-refractivity contribution < 1.29 is 37.5 Å². The summed E-state index contributed by atoms with van der Waals surface area (Å²) < 4.78 is 29.6. The number of nitrogens with zero attached hydrogens (tertiary/aromatic N) is 4. The molecule has 4 aromatic carbocycles. The van der Waals surface area contributed by atoms with E-state index in [9.17, 15) is 37.5 Å². The van der Waals surface area contributed by atoms with Crippen molar-refractivity contribution in [1.82, 2.24) is 24.3 Å². The number of piperazine rings is 1. The zero-order chi connectivity index (χ0) is 46.1. The van der Waals surface area contributed by atoms with Crippen LogP contribution in [0.4, 0.5) is 11.4 Å². The minimum Gasteiger partial charge on any atom is -0.394 e. The molecule has 0 bridgehead atoms. The second-order valence-electron chi connectivity index (χ2n) is 17.8. The number of amides is 5. The van der Waals surface area contributed by atoms with Gasteiger partial charge in [-0.05, 0) is 116 Å². The largest absolute Gasteiger partial charge is 0.394 e. The molecule has 0 spiro atoms. The summed E-state index contributed by atoms with van der Waals surface area (Å²) >= 11 is 1.67. The van der Waals surface area contributed by atoms with Crippen LogP contribution in [-0.4, -0.2) is 126 Å². The number of imide groups is 1. The van der Waals surface area contributed by atoms with Crippen LogP contribution in [0.5, 0.6) is 0 Å². The van der Waals surface area contributed by atoms with Gasteiger partial charge in [-0.2, -0.15) is 4.31 Å². The van der Waals surface area contributed by atoms with E-state index in [4.69, 9.17) is 0 Å². The molecule has 0 aromatic heterocycles. The topological polar surface area (TPSA) is 189 Å². The van der Waals surface area contributed by atoms with Crippen molar-refractivity contribution in [2.45, 2.75) is 79.9 Å². The van der Waals surface area contributed by atoms with E-state index in [0.29, 0.717) is 63.2 Å². The predicted molar refractivity (Wildman–Crippen MR) is 251 cm³/mol. The number of piperidine rings is 1. The first-order valence-electron chi connectivity index (χ1n) is 22.8. The van der Waals surface area contributed by atoms with E-state index in [0.717, 1.165) is 63.7 Å². The van der Waals surface area contributed by atoms with Crippen LogP contribution in [0.25, 0.3) is 11.1 Å². The van der Waals surface area contributed by atoms with Crippen molar-refractivity contribution >= 4 is 62.7 Å². The summed E-state index contributed by atoms with van der Waals surface area (Å²) in [5.41, 5.74) is 6.51. The Balaban J connectivity index is 0.739. The molecule has 4 aromatic rings. The van der Waals surface area contributed by atoms with Crippen LogP contribution in [0.15, 0.2) is 94.7 Å². The van der Waals surface area contributed by atoms with Gasteiger partial charge in [0.2, 0.25) is 33.7 Å². The molecule has 5 amide bonds. The first kappa shape index (κ1) is 45.6. The minimum absolute atomic E-state index is 0.0434. The highest BCUT2D eigenvalue weighted by molar-refractivity contribution is 7.99. The van der Waals surface area contributed by atoms with Crippen LogP contribution in [0.1, 0.15) is 71.6 Å². The molecular weight excluding hydrogens is 879 g/mol. The average molecular weight is 934 g/mol. The predicted octanol–water partition coefficient (Wildman–Crippen LogP) is 5.01. The molecule has 15 nitrogen and oxygen atoms in total. The number of rotatable bonds is 15. The van der Waals surface area contributed by atoms with Crippen molar-refractivity contribution in [2.24, 2.45) is 5.92 Å². The molecule has 17 heteroatoms. The summed E-state index contributed by atoms with van der Waals surface area (Å²) in [6.45, 7) is 5.40. The molecule has 0 aliphatic carbocycles. The summed E-state index contributed by atoms with van der Waals surface area (Å²) in [5.74, 6) is -0.334. The number of sulfonamides is 1. The van der Waals surface area contributed by atoms with Crippen molar-refractivity contribution in [1.29, 1.82) is 0 Å². The fourth-order valence-electron chi connectivity index (χ4n) is 10.1. The zero-order valence-corrected chi connectivity index (χ0v) is 38.5. The van der Waals surface area contributed by atoms with Gasteiger partial charge in [-0.25, -0.2) is 8.42 Å². The van der Waals surface area contributed by atoms with E-state index in [1.165, 1.54) is 0 Å². The van der Waals surface area contributed by atoms with Gasteiger partial charge in [0.15, 0.2) is 0 Å². The van der Waals surface area contributed by atoms with Crippen molar-refractivity contribution in [3.05, 3.63) is 107 Å². The number of fused-ring (bicyclic) bond motifs is 4. The lowest BCUT2D eigenvalue weighted by atomic mass is 9.82. The lowest BCUT2D eigenvalue weighted by Gasteiger charge is -2.39. The lowest BCUT2D eigenvalue weighted by Crippen LogP contribution is -2.52. The number of aliphatic hydroxyl groups excluding tert-OH is 1. The number of hydrogen-bond acceptors (Lipinski definition) is 11. The number of anilines is 2. The molecule has 66 heavy (non-hydrogen) atoms. The average Bonchev–Trinajstić information content (AvgIpc) is 3.91.